The molecule has 1 aromatic carbocycles. The average Bonchev–Trinajstić information content (AvgIpc) is 2.67. The van der Waals surface area contributed by atoms with Crippen LogP contribution in [-0.2, 0) is 11.3 Å². The van der Waals surface area contributed by atoms with Gasteiger partial charge in [0.1, 0.15) is 0 Å². The molecule has 1 atom stereocenters. The third kappa shape index (κ3) is 4.67. The summed E-state index contributed by atoms with van der Waals surface area (Å²) in [6.45, 7) is 2.12. The maximum atomic E-state index is 12.6. The normalized spacial score (nSPS) is 17.5. The zero-order valence-electron chi connectivity index (χ0n) is 14.9. The van der Waals surface area contributed by atoms with Crippen molar-refractivity contribution in [2.75, 3.05) is 25.5 Å². The summed E-state index contributed by atoms with van der Waals surface area (Å²) in [6, 6.07) is 12.7. The van der Waals surface area contributed by atoms with E-state index in [1.807, 2.05) is 31.3 Å². The van der Waals surface area contributed by atoms with E-state index < -0.39 is 0 Å². The number of amides is 2. The molecule has 6 nitrogen and oxygen atoms in total. The first kappa shape index (κ1) is 18.1. The zero-order valence-corrected chi connectivity index (χ0v) is 14.9. The molecule has 26 heavy (non-hydrogen) atoms. The van der Waals surface area contributed by atoms with Crippen molar-refractivity contribution in [3.63, 3.8) is 0 Å². The Morgan fingerprint density at radius 2 is 2.00 bits per heavy atom. The Morgan fingerprint density at radius 3 is 2.77 bits per heavy atom. The molecule has 1 aliphatic rings. The first-order valence-corrected chi connectivity index (χ1v) is 8.90. The molecule has 2 aromatic rings. The van der Waals surface area contributed by atoms with E-state index >= 15 is 0 Å². The van der Waals surface area contributed by atoms with E-state index in [1.54, 1.807) is 24.4 Å². The van der Waals surface area contributed by atoms with Crippen molar-refractivity contribution in [3.8, 4) is 0 Å². The number of rotatable bonds is 5. The zero-order chi connectivity index (χ0) is 18.4. The fourth-order valence-corrected chi connectivity index (χ4v) is 3.17. The molecule has 136 valence electrons. The van der Waals surface area contributed by atoms with Crippen LogP contribution in [0, 0.1) is 5.92 Å². The van der Waals surface area contributed by atoms with Crippen molar-refractivity contribution < 1.29 is 9.59 Å². The molecule has 0 aliphatic carbocycles. The fourth-order valence-electron chi connectivity index (χ4n) is 3.17. The number of piperidine rings is 1. The first-order chi connectivity index (χ1) is 12.6. The summed E-state index contributed by atoms with van der Waals surface area (Å²) in [6.07, 6.45) is 3.59. The number of benzene rings is 1. The largest absolute Gasteiger partial charge is 0.346 e. The van der Waals surface area contributed by atoms with Gasteiger partial charge in [0, 0.05) is 12.7 Å². The number of pyridine rings is 1. The highest BCUT2D eigenvalue weighted by molar-refractivity contribution is 6.04. The lowest BCUT2D eigenvalue weighted by Gasteiger charge is -2.28. The van der Waals surface area contributed by atoms with Crippen LogP contribution in [0.5, 0.6) is 0 Å². The summed E-state index contributed by atoms with van der Waals surface area (Å²) < 4.78 is 0. The van der Waals surface area contributed by atoms with Gasteiger partial charge < -0.3 is 15.5 Å². The summed E-state index contributed by atoms with van der Waals surface area (Å²) in [5, 5.41) is 5.79. The Hall–Kier alpha value is -2.73. The highest BCUT2D eigenvalue weighted by Gasteiger charge is 2.25. The molecular formula is C20H24N4O2. The molecule has 2 heterocycles. The molecule has 1 aliphatic heterocycles. The van der Waals surface area contributed by atoms with Crippen molar-refractivity contribution in [1.82, 2.24) is 15.2 Å². The molecule has 1 aromatic heterocycles. The van der Waals surface area contributed by atoms with E-state index in [9.17, 15) is 9.59 Å². The molecule has 0 bridgehead atoms. The number of anilines is 1. The Labute approximate surface area is 153 Å². The second kappa shape index (κ2) is 8.58. The number of hydrogen-bond acceptors (Lipinski definition) is 4. The SMILES string of the molecule is CN1CCC[C@H](C(=O)Nc2ccccc2C(=O)NCc2ccccn2)C1. The van der Waals surface area contributed by atoms with Crippen LogP contribution < -0.4 is 10.6 Å². The number of aromatic nitrogens is 1. The molecule has 0 unspecified atom stereocenters. The Morgan fingerprint density at radius 1 is 1.19 bits per heavy atom. The number of nitrogens with zero attached hydrogens (tertiary/aromatic N) is 2. The van der Waals surface area contributed by atoms with Crippen LogP contribution in [-0.4, -0.2) is 41.8 Å². The summed E-state index contributed by atoms with van der Waals surface area (Å²) in [5.74, 6) is -0.299. The minimum atomic E-state index is -0.229. The van der Waals surface area contributed by atoms with Gasteiger partial charge in [0.15, 0.2) is 0 Å². The van der Waals surface area contributed by atoms with Crippen LogP contribution in [0.3, 0.4) is 0 Å². The van der Waals surface area contributed by atoms with E-state index in [0.29, 0.717) is 17.8 Å². The Kier molecular flexibility index (Phi) is 5.96. The molecule has 3 rings (SSSR count). The number of nitrogens with one attached hydrogen (secondary N) is 2. The van der Waals surface area contributed by atoms with Crippen molar-refractivity contribution >= 4 is 17.5 Å². The van der Waals surface area contributed by atoms with E-state index in [-0.39, 0.29) is 17.7 Å². The van der Waals surface area contributed by atoms with Gasteiger partial charge in [-0.25, -0.2) is 0 Å². The number of likely N-dealkylation sites (tertiary alicyclic amines) is 1. The second-order valence-electron chi connectivity index (χ2n) is 6.64. The van der Waals surface area contributed by atoms with Crippen LogP contribution in [0.2, 0.25) is 0 Å². The maximum absolute atomic E-state index is 12.6. The number of para-hydroxylation sites is 1. The van der Waals surface area contributed by atoms with Gasteiger partial charge in [-0.05, 0) is 50.7 Å². The lowest BCUT2D eigenvalue weighted by molar-refractivity contribution is -0.121. The second-order valence-corrected chi connectivity index (χ2v) is 6.64. The van der Waals surface area contributed by atoms with Crippen molar-refractivity contribution in [2.24, 2.45) is 5.92 Å². The fraction of sp³-hybridized carbons (Fsp3) is 0.350. The smallest absolute Gasteiger partial charge is 0.253 e. The van der Waals surface area contributed by atoms with Gasteiger partial charge >= 0.3 is 0 Å². The molecule has 0 spiro atoms. The average molecular weight is 352 g/mol. The highest BCUT2D eigenvalue weighted by Crippen LogP contribution is 2.20. The number of hydrogen-bond donors (Lipinski definition) is 2. The molecule has 1 fully saturated rings. The van der Waals surface area contributed by atoms with E-state index in [1.165, 1.54) is 0 Å². The van der Waals surface area contributed by atoms with E-state index in [4.69, 9.17) is 0 Å². The molecule has 6 heteroatoms. The summed E-state index contributed by atoms with van der Waals surface area (Å²) >= 11 is 0. The van der Waals surface area contributed by atoms with Gasteiger partial charge in [-0.3, -0.25) is 14.6 Å². The summed E-state index contributed by atoms with van der Waals surface area (Å²) in [4.78, 5) is 31.5. The van der Waals surface area contributed by atoms with Gasteiger partial charge in [-0.1, -0.05) is 18.2 Å². The van der Waals surface area contributed by atoms with Gasteiger partial charge in [-0.15, -0.1) is 0 Å². The lowest BCUT2D eigenvalue weighted by atomic mass is 9.97. The predicted molar refractivity (Wildman–Crippen MR) is 101 cm³/mol. The predicted octanol–water partition coefficient (Wildman–Crippen LogP) is 2.29. The van der Waals surface area contributed by atoms with Gasteiger partial charge in [0.2, 0.25) is 5.91 Å². The third-order valence-corrected chi connectivity index (χ3v) is 4.58. The number of carbonyl (C=O) groups excluding carboxylic acids is 2. The molecule has 0 saturated carbocycles. The third-order valence-electron chi connectivity index (χ3n) is 4.58. The molecule has 2 amide bonds. The quantitative estimate of drug-likeness (QED) is 0.866. The standard InChI is InChI=1S/C20H24N4O2/c1-24-12-6-7-15(14-24)19(25)23-18-10-3-2-9-17(18)20(26)22-13-16-8-4-5-11-21-16/h2-5,8-11,15H,6-7,12-14H2,1H3,(H,22,26)(H,23,25)/t15-/m0/s1. The van der Waals surface area contributed by atoms with Crippen molar-refractivity contribution in [2.45, 2.75) is 19.4 Å². The molecule has 0 radical (unpaired) electrons. The van der Waals surface area contributed by atoms with Crippen molar-refractivity contribution in [1.29, 1.82) is 0 Å². The lowest BCUT2D eigenvalue weighted by Crippen LogP contribution is -2.38. The Balaban J connectivity index is 1.65. The summed E-state index contributed by atoms with van der Waals surface area (Å²) in [5.41, 5.74) is 1.79. The minimum Gasteiger partial charge on any atom is -0.346 e. The highest BCUT2D eigenvalue weighted by atomic mass is 16.2. The minimum absolute atomic E-state index is 0.0264. The maximum Gasteiger partial charge on any atom is 0.253 e. The number of carbonyl (C=O) groups is 2. The summed E-state index contributed by atoms with van der Waals surface area (Å²) in [7, 11) is 2.03. The Bertz CT molecular complexity index is 763. The monoisotopic (exact) mass is 352 g/mol. The van der Waals surface area contributed by atoms with Gasteiger partial charge in [0.05, 0.1) is 29.4 Å². The molecule has 1 saturated heterocycles. The van der Waals surface area contributed by atoms with Crippen LogP contribution >= 0.6 is 0 Å². The topological polar surface area (TPSA) is 74.3 Å². The van der Waals surface area contributed by atoms with Crippen LogP contribution in [0.15, 0.2) is 48.7 Å². The molecule has 2 N–H and O–H groups in total. The molecular weight excluding hydrogens is 328 g/mol. The van der Waals surface area contributed by atoms with Gasteiger partial charge in [0.25, 0.3) is 5.91 Å². The van der Waals surface area contributed by atoms with Gasteiger partial charge in [-0.2, -0.15) is 0 Å². The van der Waals surface area contributed by atoms with E-state index in [2.05, 4.69) is 20.5 Å². The van der Waals surface area contributed by atoms with Crippen LogP contribution in [0.25, 0.3) is 0 Å². The van der Waals surface area contributed by atoms with Crippen LogP contribution in [0.4, 0.5) is 5.69 Å². The van der Waals surface area contributed by atoms with Crippen LogP contribution in [0.1, 0.15) is 28.9 Å². The van der Waals surface area contributed by atoms with E-state index in [0.717, 1.165) is 31.6 Å². The first-order valence-electron chi connectivity index (χ1n) is 8.90. The van der Waals surface area contributed by atoms with Crippen molar-refractivity contribution in [3.05, 3.63) is 59.9 Å².